The van der Waals surface area contributed by atoms with Gasteiger partial charge >= 0.3 is 5.97 Å². The fourth-order valence-electron chi connectivity index (χ4n) is 1.69. The number of benzene rings is 2. The molecule has 102 valence electrons. The van der Waals surface area contributed by atoms with E-state index in [0.29, 0.717) is 5.56 Å². The standard InChI is InChI=1S/C16H16N2O2/c1-11-6-8-13(9-7-11)16(19)20-18-15(17)14-5-3-4-12(2)10-14/h3-10H,1-2H3,(H2,17,18). The van der Waals surface area contributed by atoms with Gasteiger partial charge in [-0.3, -0.25) is 0 Å². The summed E-state index contributed by atoms with van der Waals surface area (Å²) in [4.78, 5) is 16.6. The molecule has 4 heteroatoms. The Morgan fingerprint density at radius 2 is 1.70 bits per heavy atom. The highest BCUT2D eigenvalue weighted by molar-refractivity contribution is 5.98. The molecule has 2 aromatic carbocycles. The zero-order valence-corrected chi connectivity index (χ0v) is 11.5. The maximum atomic E-state index is 11.8. The van der Waals surface area contributed by atoms with Gasteiger partial charge in [-0.05, 0) is 32.0 Å². The van der Waals surface area contributed by atoms with Crippen LogP contribution in [0.25, 0.3) is 0 Å². The second-order valence-electron chi connectivity index (χ2n) is 4.59. The summed E-state index contributed by atoms with van der Waals surface area (Å²) in [6.45, 7) is 3.90. The number of amidine groups is 1. The Morgan fingerprint density at radius 3 is 2.35 bits per heavy atom. The van der Waals surface area contributed by atoms with Gasteiger partial charge in [-0.15, -0.1) is 0 Å². The summed E-state index contributed by atoms with van der Waals surface area (Å²) in [6, 6.07) is 14.6. The second kappa shape index (κ2) is 6.02. The van der Waals surface area contributed by atoms with Crippen molar-refractivity contribution in [3.63, 3.8) is 0 Å². The average Bonchev–Trinajstić information content (AvgIpc) is 2.45. The van der Waals surface area contributed by atoms with Crippen LogP contribution in [0.2, 0.25) is 0 Å². The summed E-state index contributed by atoms with van der Waals surface area (Å²) >= 11 is 0. The summed E-state index contributed by atoms with van der Waals surface area (Å²) in [6.07, 6.45) is 0. The van der Waals surface area contributed by atoms with Gasteiger partial charge in [0.05, 0.1) is 5.56 Å². The number of oxime groups is 1. The lowest BCUT2D eigenvalue weighted by Gasteiger charge is -2.02. The lowest BCUT2D eigenvalue weighted by molar-refractivity contribution is 0.0516. The first kappa shape index (κ1) is 13.8. The van der Waals surface area contributed by atoms with Gasteiger partial charge in [-0.2, -0.15) is 0 Å². The summed E-state index contributed by atoms with van der Waals surface area (Å²) in [5.74, 6) is -0.352. The molecule has 0 radical (unpaired) electrons. The van der Waals surface area contributed by atoms with Crippen LogP contribution < -0.4 is 5.73 Å². The van der Waals surface area contributed by atoms with Crippen molar-refractivity contribution in [1.29, 1.82) is 0 Å². The van der Waals surface area contributed by atoms with Crippen molar-refractivity contribution in [2.75, 3.05) is 0 Å². The van der Waals surface area contributed by atoms with E-state index in [1.807, 2.05) is 50.2 Å². The van der Waals surface area contributed by atoms with E-state index >= 15 is 0 Å². The highest BCUT2D eigenvalue weighted by atomic mass is 16.7. The Bertz CT molecular complexity index is 646. The minimum atomic E-state index is -0.527. The third-order valence-electron chi connectivity index (χ3n) is 2.83. The van der Waals surface area contributed by atoms with Crippen LogP contribution in [0, 0.1) is 13.8 Å². The predicted octanol–water partition coefficient (Wildman–Crippen LogP) is 2.78. The van der Waals surface area contributed by atoms with Crippen molar-refractivity contribution in [2.45, 2.75) is 13.8 Å². The van der Waals surface area contributed by atoms with Crippen molar-refractivity contribution < 1.29 is 9.63 Å². The molecule has 0 amide bonds. The van der Waals surface area contributed by atoms with Crippen LogP contribution >= 0.6 is 0 Å². The Balaban J connectivity index is 2.08. The smallest absolute Gasteiger partial charge is 0.365 e. The number of hydrogen-bond donors (Lipinski definition) is 1. The third-order valence-corrected chi connectivity index (χ3v) is 2.83. The Labute approximate surface area is 117 Å². The fourth-order valence-corrected chi connectivity index (χ4v) is 1.69. The van der Waals surface area contributed by atoms with Gasteiger partial charge < -0.3 is 10.6 Å². The number of nitrogens with zero attached hydrogens (tertiary/aromatic N) is 1. The molecule has 0 aliphatic rings. The van der Waals surface area contributed by atoms with Gasteiger partial charge in [0.2, 0.25) is 0 Å². The molecule has 0 saturated heterocycles. The van der Waals surface area contributed by atoms with Crippen molar-refractivity contribution in [2.24, 2.45) is 10.9 Å². The largest absolute Gasteiger partial charge is 0.380 e. The normalized spacial score (nSPS) is 11.2. The van der Waals surface area contributed by atoms with E-state index in [9.17, 15) is 4.79 Å². The highest BCUT2D eigenvalue weighted by Gasteiger charge is 2.07. The highest BCUT2D eigenvalue weighted by Crippen LogP contribution is 2.07. The molecule has 2 N–H and O–H groups in total. The zero-order chi connectivity index (χ0) is 14.5. The van der Waals surface area contributed by atoms with Crippen molar-refractivity contribution >= 4 is 11.8 Å². The molecule has 0 spiro atoms. The van der Waals surface area contributed by atoms with Gasteiger partial charge in [-0.1, -0.05) is 46.6 Å². The van der Waals surface area contributed by atoms with Gasteiger partial charge in [0.25, 0.3) is 0 Å². The maximum Gasteiger partial charge on any atom is 0.365 e. The van der Waals surface area contributed by atoms with Crippen LogP contribution in [0.15, 0.2) is 53.7 Å². The molecule has 0 saturated carbocycles. The maximum absolute atomic E-state index is 11.8. The Hall–Kier alpha value is -2.62. The van der Waals surface area contributed by atoms with Crippen molar-refractivity contribution in [3.8, 4) is 0 Å². The number of hydrogen-bond acceptors (Lipinski definition) is 3. The first-order valence-corrected chi connectivity index (χ1v) is 6.25. The summed E-state index contributed by atoms with van der Waals surface area (Å²) in [7, 11) is 0. The quantitative estimate of drug-likeness (QED) is 0.403. The molecule has 4 nitrogen and oxygen atoms in total. The molecule has 0 atom stereocenters. The van der Waals surface area contributed by atoms with E-state index in [1.165, 1.54) is 0 Å². The first-order chi connectivity index (χ1) is 9.56. The molecule has 0 fully saturated rings. The van der Waals surface area contributed by atoms with Crippen LogP contribution in [-0.2, 0) is 4.84 Å². The first-order valence-electron chi connectivity index (χ1n) is 6.25. The molecule has 20 heavy (non-hydrogen) atoms. The molecule has 0 unspecified atom stereocenters. The van der Waals surface area contributed by atoms with E-state index in [0.717, 1.165) is 16.7 Å². The molecule has 0 aromatic heterocycles. The van der Waals surface area contributed by atoms with E-state index in [2.05, 4.69) is 5.16 Å². The van der Waals surface area contributed by atoms with Crippen LogP contribution in [0.1, 0.15) is 27.0 Å². The van der Waals surface area contributed by atoms with Crippen LogP contribution in [0.5, 0.6) is 0 Å². The summed E-state index contributed by atoms with van der Waals surface area (Å²) in [5.41, 5.74) is 9.09. The topological polar surface area (TPSA) is 64.7 Å². The van der Waals surface area contributed by atoms with E-state index < -0.39 is 5.97 Å². The summed E-state index contributed by atoms with van der Waals surface area (Å²) < 4.78 is 0. The molecular formula is C16H16N2O2. The number of aryl methyl sites for hydroxylation is 2. The van der Waals surface area contributed by atoms with Crippen molar-refractivity contribution in [1.82, 2.24) is 0 Å². The molecule has 0 bridgehead atoms. The van der Waals surface area contributed by atoms with Crippen molar-refractivity contribution in [3.05, 3.63) is 70.8 Å². The number of nitrogens with two attached hydrogens (primary N) is 1. The van der Waals surface area contributed by atoms with Gasteiger partial charge in [-0.25, -0.2) is 4.79 Å². The predicted molar refractivity (Wildman–Crippen MR) is 78.5 cm³/mol. The molecule has 0 aliphatic heterocycles. The number of carbonyl (C=O) groups excluding carboxylic acids is 1. The lowest BCUT2D eigenvalue weighted by atomic mass is 10.1. The molecule has 0 aliphatic carbocycles. The fraction of sp³-hybridized carbons (Fsp3) is 0.125. The van der Waals surface area contributed by atoms with Crippen LogP contribution in [0.4, 0.5) is 0 Å². The second-order valence-corrected chi connectivity index (χ2v) is 4.59. The minimum absolute atomic E-state index is 0.175. The third kappa shape index (κ3) is 3.45. The molecule has 2 aromatic rings. The Kier molecular flexibility index (Phi) is 4.15. The van der Waals surface area contributed by atoms with Crippen LogP contribution in [-0.4, -0.2) is 11.8 Å². The SMILES string of the molecule is Cc1ccc(C(=O)O/N=C(\N)c2cccc(C)c2)cc1. The average molecular weight is 268 g/mol. The van der Waals surface area contributed by atoms with E-state index in [-0.39, 0.29) is 5.84 Å². The molecule has 2 rings (SSSR count). The minimum Gasteiger partial charge on any atom is -0.380 e. The lowest BCUT2D eigenvalue weighted by Crippen LogP contribution is -2.15. The van der Waals surface area contributed by atoms with Gasteiger partial charge in [0.15, 0.2) is 5.84 Å². The molecular weight excluding hydrogens is 252 g/mol. The van der Waals surface area contributed by atoms with Gasteiger partial charge in [0.1, 0.15) is 0 Å². The summed E-state index contributed by atoms with van der Waals surface area (Å²) in [5, 5.41) is 3.68. The zero-order valence-electron chi connectivity index (χ0n) is 11.5. The number of rotatable bonds is 3. The monoisotopic (exact) mass is 268 g/mol. The van der Waals surface area contributed by atoms with E-state index in [4.69, 9.17) is 10.6 Å². The molecule has 0 heterocycles. The van der Waals surface area contributed by atoms with Crippen LogP contribution in [0.3, 0.4) is 0 Å². The van der Waals surface area contributed by atoms with E-state index in [1.54, 1.807) is 12.1 Å². The van der Waals surface area contributed by atoms with Gasteiger partial charge in [0, 0.05) is 5.56 Å². The number of carbonyl (C=O) groups is 1. The Morgan fingerprint density at radius 1 is 1.00 bits per heavy atom.